The summed E-state index contributed by atoms with van der Waals surface area (Å²) >= 11 is 5.38. The zero-order chi connectivity index (χ0) is 16.9. The quantitative estimate of drug-likeness (QED) is 0.629. The van der Waals surface area contributed by atoms with Crippen LogP contribution in [0.1, 0.15) is 12.1 Å². The minimum Gasteiger partial charge on any atom is -0.383 e. The molecule has 0 aliphatic carbocycles. The van der Waals surface area contributed by atoms with Crippen LogP contribution in [-0.2, 0) is 0 Å². The van der Waals surface area contributed by atoms with Crippen LogP contribution in [0.3, 0.4) is 0 Å². The summed E-state index contributed by atoms with van der Waals surface area (Å²) in [7, 11) is 0. The zero-order valence-corrected chi connectivity index (χ0v) is 14.1. The number of nitrogens with one attached hydrogen (secondary N) is 2. The highest BCUT2D eigenvalue weighted by Gasteiger charge is 2.20. The van der Waals surface area contributed by atoms with Gasteiger partial charge in [0.25, 0.3) is 0 Å². The highest BCUT2D eigenvalue weighted by Crippen LogP contribution is 2.20. The maximum absolute atomic E-state index is 13.3. The van der Waals surface area contributed by atoms with Gasteiger partial charge >= 0.3 is 0 Å². The van der Waals surface area contributed by atoms with Crippen LogP contribution in [0, 0.1) is 5.82 Å². The van der Waals surface area contributed by atoms with Crippen LogP contribution in [0.2, 0.25) is 0 Å². The number of pyridine rings is 1. The van der Waals surface area contributed by atoms with Gasteiger partial charge in [-0.1, -0.05) is 0 Å². The fourth-order valence-corrected chi connectivity index (χ4v) is 3.06. The first-order valence-electron chi connectivity index (χ1n) is 7.97. The molecule has 2 aliphatic rings. The Kier molecular flexibility index (Phi) is 5.52. The van der Waals surface area contributed by atoms with Crippen LogP contribution >= 0.6 is 12.2 Å². The van der Waals surface area contributed by atoms with Gasteiger partial charge in [0.05, 0.1) is 17.6 Å². The lowest BCUT2D eigenvalue weighted by molar-refractivity contribution is 0.170. The highest BCUT2D eigenvalue weighted by molar-refractivity contribution is 7.80. The Morgan fingerprint density at radius 2 is 2.17 bits per heavy atom. The molecule has 0 atom stereocenters. The fraction of sp³-hybridized carbons (Fsp3) is 0.533. The van der Waals surface area contributed by atoms with Crippen molar-refractivity contribution in [3.63, 3.8) is 0 Å². The van der Waals surface area contributed by atoms with Crippen molar-refractivity contribution >= 4 is 28.7 Å². The number of anilines is 1. The van der Waals surface area contributed by atoms with Crippen molar-refractivity contribution in [3.8, 4) is 0 Å². The van der Waals surface area contributed by atoms with Crippen molar-refractivity contribution in [1.82, 2.24) is 20.2 Å². The lowest BCUT2D eigenvalue weighted by Gasteiger charge is -2.35. The van der Waals surface area contributed by atoms with Crippen LogP contribution in [0.15, 0.2) is 17.4 Å². The summed E-state index contributed by atoms with van der Waals surface area (Å²) in [5.74, 6) is -0.378. The van der Waals surface area contributed by atoms with Gasteiger partial charge in [0.15, 0.2) is 5.11 Å². The van der Waals surface area contributed by atoms with Crippen molar-refractivity contribution in [2.45, 2.75) is 6.42 Å². The molecule has 6 nitrogen and oxygen atoms in total. The summed E-state index contributed by atoms with van der Waals surface area (Å²) in [6.07, 6.45) is 1.87. The number of hydrazone groups is 1. The molecule has 0 spiro atoms. The Bertz CT molecular complexity index is 630. The molecule has 2 aliphatic heterocycles. The summed E-state index contributed by atoms with van der Waals surface area (Å²) in [5, 5.41) is 8.03. The molecule has 0 amide bonds. The van der Waals surface area contributed by atoms with Gasteiger partial charge in [-0.2, -0.15) is 5.10 Å². The summed E-state index contributed by atoms with van der Waals surface area (Å²) < 4.78 is 25.6. The number of rotatable bonds is 3. The Hall–Kier alpha value is -1.87. The van der Waals surface area contributed by atoms with E-state index in [4.69, 9.17) is 12.2 Å². The lowest BCUT2D eigenvalue weighted by Crippen LogP contribution is -2.51. The number of alkyl halides is 1. The van der Waals surface area contributed by atoms with Gasteiger partial charge in [-0.05, 0) is 12.2 Å². The van der Waals surface area contributed by atoms with E-state index in [1.165, 1.54) is 12.3 Å². The Labute approximate surface area is 144 Å². The maximum Gasteiger partial charge on any atom is 0.189 e. The van der Waals surface area contributed by atoms with Crippen LogP contribution < -0.4 is 10.7 Å². The molecular weight excluding hydrogens is 334 g/mol. The normalized spacial score (nSPS) is 19.8. The Balaban J connectivity index is 1.60. The Morgan fingerprint density at radius 3 is 2.92 bits per heavy atom. The molecular formula is C15H20F2N6S. The molecule has 1 saturated heterocycles. The van der Waals surface area contributed by atoms with Gasteiger partial charge in [-0.15, -0.1) is 0 Å². The monoisotopic (exact) mass is 354 g/mol. The molecule has 24 heavy (non-hydrogen) atoms. The van der Waals surface area contributed by atoms with Gasteiger partial charge in [0, 0.05) is 51.8 Å². The standard InChI is InChI=1S/C15H20F2N6S/c16-2-4-22-5-7-23(8-6-22)15(24)21-20-12-1-3-18-13-9-11(17)10-19-14(12)13/h9-10,18H,1-8H2,(H,21,24)/b20-12-. The van der Waals surface area contributed by atoms with Gasteiger partial charge in [-0.25, -0.2) is 13.8 Å². The summed E-state index contributed by atoms with van der Waals surface area (Å²) in [5.41, 5.74) is 4.96. The first-order valence-corrected chi connectivity index (χ1v) is 8.38. The number of hydrogen-bond acceptors (Lipinski definition) is 5. The smallest absolute Gasteiger partial charge is 0.189 e. The zero-order valence-electron chi connectivity index (χ0n) is 13.3. The molecule has 0 radical (unpaired) electrons. The number of piperazine rings is 1. The van der Waals surface area contributed by atoms with E-state index in [-0.39, 0.29) is 12.5 Å². The number of aromatic nitrogens is 1. The molecule has 1 fully saturated rings. The van der Waals surface area contributed by atoms with E-state index in [1.807, 2.05) is 4.90 Å². The third-order valence-corrected chi connectivity index (χ3v) is 4.50. The topological polar surface area (TPSA) is 55.8 Å². The summed E-state index contributed by atoms with van der Waals surface area (Å²) in [6.45, 7) is 3.90. The van der Waals surface area contributed by atoms with E-state index in [0.717, 1.165) is 31.9 Å². The minimum absolute atomic E-state index is 0.322. The first-order chi connectivity index (χ1) is 11.7. The molecule has 3 heterocycles. The summed E-state index contributed by atoms with van der Waals surface area (Å²) in [4.78, 5) is 8.21. The Morgan fingerprint density at radius 1 is 1.38 bits per heavy atom. The SMILES string of the molecule is FCCN1CCN(C(=S)N/N=C2/CCNc3cc(F)cnc32)CC1. The summed E-state index contributed by atoms with van der Waals surface area (Å²) in [6, 6.07) is 1.42. The molecule has 1 aromatic heterocycles. The van der Waals surface area contributed by atoms with Crippen molar-refractivity contribution in [2.24, 2.45) is 5.10 Å². The molecule has 2 N–H and O–H groups in total. The molecule has 3 rings (SSSR count). The third kappa shape index (κ3) is 3.96. The maximum atomic E-state index is 13.3. The highest BCUT2D eigenvalue weighted by atomic mass is 32.1. The van der Waals surface area contributed by atoms with E-state index in [0.29, 0.717) is 36.0 Å². The number of hydrogen-bond donors (Lipinski definition) is 2. The molecule has 0 bridgehead atoms. The molecule has 9 heteroatoms. The van der Waals surface area contributed by atoms with Gasteiger partial charge in [0.1, 0.15) is 18.2 Å². The van der Waals surface area contributed by atoms with Gasteiger partial charge in [0.2, 0.25) is 0 Å². The second-order valence-electron chi connectivity index (χ2n) is 5.72. The van der Waals surface area contributed by atoms with E-state index in [9.17, 15) is 8.78 Å². The number of halogens is 2. The van der Waals surface area contributed by atoms with Gasteiger partial charge in [-0.3, -0.25) is 10.3 Å². The number of nitrogens with zero attached hydrogens (tertiary/aromatic N) is 4. The average molecular weight is 354 g/mol. The molecule has 0 aromatic carbocycles. The van der Waals surface area contributed by atoms with E-state index < -0.39 is 0 Å². The fourth-order valence-electron chi connectivity index (χ4n) is 2.83. The second-order valence-corrected chi connectivity index (χ2v) is 6.11. The van der Waals surface area contributed by atoms with Crippen LogP contribution in [0.5, 0.6) is 0 Å². The molecule has 130 valence electrons. The van der Waals surface area contributed by atoms with Gasteiger partial charge < -0.3 is 10.2 Å². The van der Waals surface area contributed by atoms with Crippen molar-refractivity contribution in [3.05, 3.63) is 23.8 Å². The van der Waals surface area contributed by atoms with E-state index in [2.05, 4.69) is 25.7 Å². The van der Waals surface area contributed by atoms with Crippen LogP contribution in [0.4, 0.5) is 14.5 Å². The average Bonchev–Trinajstić information content (AvgIpc) is 2.60. The molecule has 0 unspecified atom stereocenters. The predicted molar refractivity (Wildman–Crippen MR) is 93.6 cm³/mol. The van der Waals surface area contributed by atoms with Crippen molar-refractivity contribution in [1.29, 1.82) is 0 Å². The van der Waals surface area contributed by atoms with Crippen molar-refractivity contribution < 1.29 is 8.78 Å². The largest absolute Gasteiger partial charge is 0.383 e. The minimum atomic E-state index is -0.378. The third-order valence-electron chi connectivity index (χ3n) is 4.15. The second kappa shape index (κ2) is 7.80. The van der Waals surface area contributed by atoms with Crippen LogP contribution in [-0.4, -0.2) is 71.6 Å². The van der Waals surface area contributed by atoms with E-state index in [1.54, 1.807) is 0 Å². The molecule has 0 saturated carbocycles. The number of fused-ring (bicyclic) bond motifs is 1. The number of thiocarbonyl (C=S) groups is 1. The van der Waals surface area contributed by atoms with Crippen LogP contribution in [0.25, 0.3) is 0 Å². The first kappa shape index (κ1) is 17.0. The van der Waals surface area contributed by atoms with Crippen molar-refractivity contribution in [2.75, 3.05) is 51.3 Å². The lowest BCUT2D eigenvalue weighted by atomic mass is 10.1. The molecule has 1 aromatic rings. The predicted octanol–water partition coefficient (Wildman–Crippen LogP) is 1.20. The van der Waals surface area contributed by atoms with E-state index >= 15 is 0 Å².